The Balaban J connectivity index is 2.40. The Hall–Kier alpha value is -1.71. The summed E-state index contributed by atoms with van der Waals surface area (Å²) in [4.78, 5) is 12.1. The van der Waals surface area contributed by atoms with Gasteiger partial charge in [0.1, 0.15) is 28.8 Å². The number of phenols is 1. The van der Waals surface area contributed by atoms with E-state index in [0.29, 0.717) is 5.75 Å². The van der Waals surface area contributed by atoms with Crippen molar-refractivity contribution in [1.29, 1.82) is 0 Å². The number of aromatic hydroxyl groups is 1. The molecule has 4 nitrogen and oxygen atoms in total. The van der Waals surface area contributed by atoms with E-state index in [1.165, 1.54) is 6.07 Å². The first-order valence-electron chi connectivity index (χ1n) is 6.03. The molecule has 0 aliphatic carbocycles. The van der Waals surface area contributed by atoms with Crippen molar-refractivity contribution in [3.05, 3.63) is 23.3 Å². The number of rotatable bonds is 1. The Morgan fingerprint density at radius 3 is 2.72 bits per heavy atom. The van der Waals surface area contributed by atoms with E-state index in [-0.39, 0.29) is 17.4 Å². The Labute approximate surface area is 107 Å². The fourth-order valence-electron chi connectivity index (χ4n) is 1.99. The van der Waals surface area contributed by atoms with E-state index in [1.807, 2.05) is 6.92 Å². The fraction of sp³-hybridized carbons (Fsp3) is 0.500. The van der Waals surface area contributed by atoms with Gasteiger partial charge in [0, 0.05) is 6.42 Å². The first-order valence-corrected chi connectivity index (χ1v) is 6.03. The number of hydrogen-bond donors (Lipinski definition) is 1. The highest BCUT2D eigenvalue weighted by Crippen LogP contribution is 2.38. The number of fused-ring (bicyclic) bond motifs is 1. The molecule has 1 aromatic rings. The summed E-state index contributed by atoms with van der Waals surface area (Å²) in [5.74, 6) is -0.195. The van der Waals surface area contributed by atoms with Gasteiger partial charge in [0.2, 0.25) is 0 Å². The second-order valence-electron chi connectivity index (χ2n) is 5.58. The largest absolute Gasteiger partial charge is 0.507 e. The van der Waals surface area contributed by atoms with Crippen LogP contribution >= 0.6 is 0 Å². The van der Waals surface area contributed by atoms with Crippen LogP contribution in [0, 0.1) is 0 Å². The fourth-order valence-corrected chi connectivity index (χ4v) is 1.99. The van der Waals surface area contributed by atoms with Crippen LogP contribution in [0.4, 0.5) is 0 Å². The Morgan fingerprint density at radius 1 is 1.44 bits per heavy atom. The molecule has 1 aliphatic rings. The molecule has 0 spiro atoms. The highest BCUT2D eigenvalue weighted by Gasteiger charge is 2.30. The summed E-state index contributed by atoms with van der Waals surface area (Å²) in [5, 5.41) is 9.85. The van der Waals surface area contributed by atoms with Gasteiger partial charge in [-0.2, -0.15) is 0 Å². The number of esters is 1. The van der Waals surface area contributed by atoms with Crippen LogP contribution < -0.4 is 4.74 Å². The second kappa shape index (κ2) is 4.19. The first-order chi connectivity index (χ1) is 8.28. The number of phenolic OH excluding ortho intramolecular Hbond substituents is 1. The van der Waals surface area contributed by atoms with Crippen LogP contribution in [-0.2, 0) is 11.2 Å². The molecule has 2 rings (SSSR count). The van der Waals surface area contributed by atoms with Crippen LogP contribution in [0.2, 0.25) is 0 Å². The minimum Gasteiger partial charge on any atom is -0.507 e. The van der Waals surface area contributed by atoms with Crippen molar-refractivity contribution >= 4 is 5.97 Å². The molecule has 1 heterocycles. The van der Waals surface area contributed by atoms with Crippen LogP contribution in [0.3, 0.4) is 0 Å². The average Bonchev–Trinajstić information content (AvgIpc) is 2.54. The van der Waals surface area contributed by atoms with Crippen molar-refractivity contribution in [1.82, 2.24) is 0 Å². The summed E-state index contributed by atoms with van der Waals surface area (Å²) in [6.45, 7) is 7.29. The Bertz CT molecular complexity index is 485. The minimum atomic E-state index is -0.601. The summed E-state index contributed by atoms with van der Waals surface area (Å²) in [6, 6.07) is 3.29. The topological polar surface area (TPSA) is 55.8 Å². The van der Waals surface area contributed by atoms with Crippen molar-refractivity contribution in [2.75, 3.05) is 0 Å². The molecule has 0 aromatic heterocycles. The molecule has 1 aromatic carbocycles. The van der Waals surface area contributed by atoms with Crippen molar-refractivity contribution in [3.63, 3.8) is 0 Å². The molecule has 0 bridgehead atoms. The highest BCUT2D eigenvalue weighted by molar-refractivity contribution is 5.96. The average molecular weight is 250 g/mol. The summed E-state index contributed by atoms with van der Waals surface area (Å²) in [6.07, 6.45) is 0.758. The molecule has 1 aliphatic heterocycles. The van der Waals surface area contributed by atoms with Gasteiger partial charge in [-0.25, -0.2) is 4.79 Å². The lowest BCUT2D eigenvalue weighted by Gasteiger charge is -2.20. The van der Waals surface area contributed by atoms with Crippen LogP contribution in [0.15, 0.2) is 12.1 Å². The van der Waals surface area contributed by atoms with Crippen molar-refractivity contribution < 1.29 is 19.4 Å². The molecular formula is C14H18O4. The van der Waals surface area contributed by atoms with E-state index in [0.717, 1.165) is 12.0 Å². The van der Waals surface area contributed by atoms with Crippen molar-refractivity contribution in [2.45, 2.75) is 45.8 Å². The molecule has 0 radical (unpaired) electrons. The van der Waals surface area contributed by atoms with E-state index in [2.05, 4.69) is 0 Å². The molecule has 0 saturated carbocycles. The lowest BCUT2D eigenvalue weighted by molar-refractivity contribution is 0.00628. The summed E-state index contributed by atoms with van der Waals surface area (Å²) in [7, 11) is 0. The smallest absolute Gasteiger partial charge is 0.346 e. The molecule has 0 amide bonds. The molecular weight excluding hydrogens is 232 g/mol. The minimum absolute atomic E-state index is 0.0167. The van der Waals surface area contributed by atoms with E-state index < -0.39 is 11.6 Å². The molecule has 0 fully saturated rings. The number of ether oxygens (including phenoxy) is 2. The van der Waals surface area contributed by atoms with Gasteiger partial charge in [-0.15, -0.1) is 0 Å². The zero-order chi connectivity index (χ0) is 13.5. The maximum atomic E-state index is 12.1. The summed E-state index contributed by atoms with van der Waals surface area (Å²) in [5.41, 5.74) is 0.462. The standard InChI is InChI=1S/C14H18O4/c1-8-7-9-5-6-10(15)11(12(9)17-8)13(16)18-14(2,3)4/h5-6,8,15H,7H2,1-4H3. The third-order valence-electron chi connectivity index (χ3n) is 2.65. The lowest BCUT2D eigenvalue weighted by atomic mass is 10.1. The normalized spacial score (nSPS) is 18.1. The van der Waals surface area contributed by atoms with Crippen molar-refractivity contribution in [3.8, 4) is 11.5 Å². The maximum absolute atomic E-state index is 12.1. The lowest BCUT2D eigenvalue weighted by Crippen LogP contribution is -2.24. The maximum Gasteiger partial charge on any atom is 0.346 e. The van der Waals surface area contributed by atoms with E-state index in [4.69, 9.17) is 9.47 Å². The van der Waals surface area contributed by atoms with Crippen LogP contribution in [0.1, 0.15) is 43.6 Å². The number of benzene rings is 1. The van der Waals surface area contributed by atoms with Gasteiger partial charge < -0.3 is 14.6 Å². The van der Waals surface area contributed by atoms with Crippen LogP contribution in [0.5, 0.6) is 11.5 Å². The van der Waals surface area contributed by atoms with E-state index in [9.17, 15) is 9.90 Å². The molecule has 98 valence electrons. The molecule has 18 heavy (non-hydrogen) atoms. The van der Waals surface area contributed by atoms with Crippen molar-refractivity contribution in [2.24, 2.45) is 0 Å². The van der Waals surface area contributed by atoms with E-state index in [1.54, 1.807) is 26.8 Å². The highest BCUT2D eigenvalue weighted by atomic mass is 16.6. The molecule has 1 N–H and O–H groups in total. The molecule has 4 heteroatoms. The zero-order valence-corrected chi connectivity index (χ0v) is 11.1. The number of hydrogen-bond acceptors (Lipinski definition) is 4. The number of carbonyl (C=O) groups excluding carboxylic acids is 1. The monoisotopic (exact) mass is 250 g/mol. The van der Waals surface area contributed by atoms with Crippen LogP contribution in [-0.4, -0.2) is 22.8 Å². The van der Waals surface area contributed by atoms with Gasteiger partial charge in [-0.3, -0.25) is 0 Å². The van der Waals surface area contributed by atoms with Gasteiger partial charge >= 0.3 is 5.97 Å². The summed E-state index contributed by atoms with van der Waals surface area (Å²) < 4.78 is 10.9. The number of carbonyl (C=O) groups is 1. The van der Waals surface area contributed by atoms with E-state index >= 15 is 0 Å². The Kier molecular flexibility index (Phi) is 2.97. The molecule has 1 unspecified atom stereocenters. The first kappa shape index (κ1) is 12.7. The molecule has 0 saturated heterocycles. The van der Waals surface area contributed by atoms with Crippen LogP contribution in [0.25, 0.3) is 0 Å². The quantitative estimate of drug-likeness (QED) is 0.778. The van der Waals surface area contributed by atoms with Gasteiger partial charge in [0.05, 0.1) is 0 Å². The predicted molar refractivity (Wildman–Crippen MR) is 67.1 cm³/mol. The Morgan fingerprint density at radius 2 is 2.11 bits per heavy atom. The second-order valence-corrected chi connectivity index (χ2v) is 5.58. The summed E-state index contributed by atoms with van der Waals surface area (Å²) >= 11 is 0. The third-order valence-corrected chi connectivity index (χ3v) is 2.65. The third kappa shape index (κ3) is 2.42. The van der Waals surface area contributed by atoms with Gasteiger partial charge in [-0.1, -0.05) is 6.07 Å². The zero-order valence-electron chi connectivity index (χ0n) is 11.1. The van der Waals surface area contributed by atoms with Gasteiger partial charge in [0.15, 0.2) is 0 Å². The predicted octanol–water partition coefficient (Wildman–Crippen LogP) is 2.67. The van der Waals surface area contributed by atoms with Gasteiger partial charge in [0.25, 0.3) is 0 Å². The molecule has 1 atom stereocenters. The SMILES string of the molecule is CC1Cc2ccc(O)c(C(=O)OC(C)(C)C)c2O1. The van der Waals surface area contributed by atoms with Gasteiger partial charge in [-0.05, 0) is 39.3 Å².